The van der Waals surface area contributed by atoms with E-state index in [0.717, 1.165) is 25.7 Å². The molecule has 0 unspecified atom stereocenters. The molecule has 0 atom stereocenters. The Bertz CT molecular complexity index is 628. The lowest BCUT2D eigenvalue weighted by Gasteiger charge is -2.38. The van der Waals surface area contributed by atoms with Crippen LogP contribution in [0, 0.1) is 0 Å². The van der Waals surface area contributed by atoms with Crippen LogP contribution in [0.5, 0.6) is 5.75 Å². The molecule has 1 heterocycles. The van der Waals surface area contributed by atoms with Crippen molar-refractivity contribution in [1.29, 1.82) is 0 Å². The van der Waals surface area contributed by atoms with E-state index < -0.39 is 0 Å². The number of phenolic OH excluding ortho intramolecular Hbond substituents is 1. The monoisotopic (exact) mass is 298 g/mol. The quantitative estimate of drug-likeness (QED) is 0.842. The molecule has 22 heavy (non-hydrogen) atoms. The predicted molar refractivity (Wildman–Crippen MR) is 86.8 cm³/mol. The highest BCUT2D eigenvalue weighted by molar-refractivity contribution is 5.92. The Morgan fingerprint density at radius 3 is 2.45 bits per heavy atom. The number of aromatic nitrogens is 1. The Kier molecular flexibility index (Phi) is 4.18. The summed E-state index contributed by atoms with van der Waals surface area (Å²) in [5.74, 6) is 0.0617. The molecule has 116 valence electrons. The van der Waals surface area contributed by atoms with Gasteiger partial charge in [-0.2, -0.15) is 0 Å². The lowest BCUT2D eigenvalue weighted by atomic mass is 9.78. The highest BCUT2D eigenvalue weighted by Crippen LogP contribution is 2.38. The van der Waals surface area contributed by atoms with Gasteiger partial charge < -0.3 is 15.0 Å². The first-order valence-corrected chi connectivity index (χ1v) is 7.91. The molecule has 4 nitrogen and oxygen atoms in total. The van der Waals surface area contributed by atoms with Crippen LogP contribution in [0.3, 0.4) is 0 Å². The van der Waals surface area contributed by atoms with Gasteiger partial charge in [-0.25, -0.2) is 0 Å². The van der Waals surface area contributed by atoms with Gasteiger partial charge in [0.15, 0.2) is 0 Å². The van der Waals surface area contributed by atoms with E-state index in [4.69, 9.17) is 0 Å². The Labute approximate surface area is 130 Å². The summed E-state index contributed by atoms with van der Waals surface area (Å²) in [6, 6.07) is 10.9. The predicted octanol–water partition coefficient (Wildman–Crippen LogP) is 3.88. The summed E-state index contributed by atoms with van der Waals surface area (Å²) in [6.07, 6.45) is 10.1. The smallest absolute Gasteiger partial charge is 0.226 e. The lowest BCUT2D eigenvalue weighted by Crippen LogP contribution is -2.38. The number of hydrogen-bond acceptors (Lipinski definition) is 2. The molecule has 2 aromatic rings. The van der Waals surface area contributed by atoms with Crippen molar-refractivity contribution < 1.29 is 9.90 Å². The van der Waals surface area contributed by atoms with Crippen molar-refractivity contribution >= 4 is 11.6 Å². The number of nitrogens with zero attached hydrogens (tertiary/aromatic N) is 1. The molecular weight excluding hydrogens is 276 g/mol. The number of rotatable bonds is 4. The topological polar surface area (TPSA) is 54.3 Å². The summed E-state index contributed by atoms with van der Waals surface area (Å²) < 4.78 is 2.19. The number of hydrogen-bond donors (Lipinski definition) is 2. The number of amides is 1. The highest BCUT2D eigenvalue weighted by atomic mass is 16.3. The molecule has 0 bridgehead atoms. The van der Waals surface area contributed by atoms with Gasteiger partial charge >= 0.3 is 0 Å². The molecule has 1 aliphatic carbocycles. The van der Waals surface area contributed by atoms with Crippen molar-refractivity contribution in [1.82, 2.24) is 4.57 Å². The Hall–Kier alpha value is -2.23. The fourth-order valence-electron chi connectivity index (χ4n) is 3.46. The zero-order valence-corrected chi connectivity index (χ0v) is 12.7. The fraction of sp³-hybridized carbons (Fsp3) is 0.389. The van der Waals surface area contributed by atoms with Gasteiger partial charge in [0.05, 0.1) is 17.6 Å². The van der Waals surface area contributed by atoms with Crippen LogP contribution in [0.2, 0.25) is 0 Å². The largest absolute Gasteiger partial charge is 0.506 e. The lowest BCUT2D eigenvalue weighted by molar-refractivity contribution is -0.118. The molecule has 0 radical (unpaired) electrons. The third-order valence-electron chi connectivity index (χ3n) is 4.60. The fourth-order valence-corrected chi connectivity index (χ4v) is 3.46. The van der Waals surface area contributed by atoms with Crippen molar-refractivity contribution in [3.05, 3.63) is 48.8 Å². The van der Waals surface area contributed by atoms with Gasteiger partial charge in [0, 0.05) is 12.4 Å². The van der Waals surface area contributed by atoms with Crippen LogP contribution in [-0.4, -0.2) is 15.6 Å². The SMILES string of the molecule is O=C(CC1(n2cccc2)CCCCC1)Nc1ccccc1O. The number of nitrogens with one attached hydrogen (secondary N) is 1. The van der Waals surface area contributed by atoms with Crippen LogP contribution in [0.15, 0.2) is 48.8 Å². The van der Waals surface area contributed by atoms with Gasteiger partial charge in [-0.3, -0.25) is 4.79 Å². The van der Waals surface area contributed by atoms with Gasteiger partial charge in [0.25, 0.3) is 0 Å². The van der Waals surface area contributed by atoms with Crippen molar-refractivity contribution in [3.63, 3.8) is 0 Å². The first-order chi connectivity index (χ1) is 10.7. The summed E-state index contributed by atoms with van der Waals surface area (Å²) in [5, 5.41) is 12.6. The Morgan fingerprint density at radius 1 is 1.09 bits per heavy atom. The van der Waals surface area contributed by atoms with Gasteiger partial charge in [0.1, 0.15) is 5.75 Å². The molecule has 1 fully saturated rings. The van der Waals surface area contributed by atoms with Crippen LogP contribution >= 0.6 is 0 Å². The number of carbonyl (C=O) groups excluding carboxylic acids is 1. The van der Waals surface area contributed by atoms with E-state index in [0.29, 0.717) is 12.1 Å². The molecule has 1 aliphatic rings. The minimum Gasteiger partial charge on any atom is -0.506 e. The average Bonchev–Trinajstić information content (AvgIpc) is 3.05. The summed E-state index contributed by atoms with van der Waals surface area (Å²) in [6.45, 7) is 0. The maximum absolute atomic E-state index is 12.5. The minimum absolute atomic E-state index is 0.0444. The van der Waals surface area contributed by atoms with Crippen molar-refractivity contribution in [2.75, 3.05) is 5.32 Å². The summed E-state index contributed by atoms with van der Waals surface area (Å²) >= 11 is 0. The molecule has 1 aromatic carbocycles. The highest BCUT2D eigenvalue weighted by Gasteiger charge is 2.35. The number of para-hydroxylation sites is 2. The third-order valence-corrected chi connectivity index (χ3v) is 4.60. The molecular formula is C18H22N2O2. The van der Waals surface area contributed by atoms with Gasteiger partial charge in [-0.15, -0.1) is 0 Å². The van der Waals surface area contributed by atoms with Crippen molar-refractivity contribution in [2.45, 2.75) is 44.1 Å². The minimum atomic E-state index is -0.129. The maximum atomic E-state index is 12.5. The van der Waals surface area contributed by atoms with E-state index in [9.17, 15) is 9.90 Å². The molecule has 1 saturated carbocycles. The van der Waals surface area contributed by atoms with Crippen LogP contribution in [0.4, 0.5) is 5.69 Å². The molecule has 1 amide bonds. The second-order valence-corrected chi connectivity index (χ2v) is 6.12. The molecule has 0 saturated heterocycles. The number of benzene rings is 1. The number of phenols is 1. The van der Waals surface area contributed by atoms with E-state index in [2.05, 4.69) is 22.3 Å². The van der Waals surface area contributed by atoms with Crippen LogP contribution < -0.4 is 5.32 Å². The molecule has 4 heteroatoms. The van der Waals surface area contributed by atoms with Gasteiger partial charge in [-0.1, -0.05) is 31.4 Å². The Balaban J connectivity index is 1.76. The van der Waals surface area contributed by atoms with E-state index in [1.807, 2.05) is 12.1 Å². The number of aromatic hydroxyl groups is 1. The van der Waals surface area contributed by atoms with Crippen LogP contribution in [-0.2, 0) is 10.3 Å². The number of carbonyl (C=O) groups is 1. The second kappa shape index (κ2) is 6.26. The molecule has 0 spiro atoms. The van der Waals surface area contributed by atoms with Gasteiger partial charge in [-0.05, 0) is 37.1 Å². The zero-order chi connectivity index (χ0) is 15.4. The van der Waals surface area contributed by atoms with E-state index in [-0.39, 0.29) is 17.2 Å². The number of anilines is 1. The van der Waals surface area contributed by atoms with Crippen molar-refractivity contribution in [2.24, 2.45) is 0 Å². The van der Waals surface area contributed by atoms with Crippen molar-refractivity contribution in [3.8, 4) is 5.75 Å². The van der Waals surface area contributed by atoms with E-state index >= 15 is 0 Å². The van der Waals surface area contributed by atoms with Crippen LogP contribution in [0.25, 0.3) is 0 Å². The zero-order valence-electron chi connectivity index (χ0n) is 12.7. The molecule has 3 rings (SSSR count). The second-order valence-electron chi connectivity index (χ2n) is 6.12. The van der Waals surface area contributed by atoms with E-state index in [1.165, 1.54) is 6.42 Å². The summed E-state index contributed by atoms with van der Waals surface area (Å²) in [5.41, 5.74) is 0.349. The van der Waals surface area contributed by atoms with E-state index in [1.54, 1.807) is 24.3 Å². The first-order valence-electron chi connectivity index (χ1n) is 7.91. The molecule has 2 N–H and O–H groups in total. The van der Waals surface area contributed by atoms with Gasteiger partial charge in [0.2, 0.25) is 5.91 Å². The third kappa shape index (κ3) is 3.01. The van der Waals surface area contributed by atoms with Crippen LogP contribution in [0.1, 0.15) is 38.5 Å². The average molecular weight is 298 g/mol. The molecule has 1 aromatic heterocycles. The summed E-state index contributed by atoms with van der Waals surface area (Å²) in [4.78, 5) is 12.5. The maximum Gasteiger partial charge on any atom is 0.226 e. The Morgan fingerprint density at radius 2 is 1.77 bits per heavy atom. The normalized spacial score (nSPS) is 17.1. The summed E-state index contributed by atoms with van der Waals surface area (Å²) in [7, 11) is 0. The first kappa shape index (κ1) is 14.7. The standard InChI is InChI=1S/C18H22N2O2/c21-16-9-3-2-8-15(16)19-17(22)14-18(10-4-1-5-11-18)20-12-6-7-13-20/h2-3,6-9,12-13,21H,1,4-5,10-11,14H2,(H,19,22). The molecule has 0 aliphatic heterocycles.